The molecule has 3 aliphatic rings. The van der Waals surface area contributed by atoms with Gasteiger partial charge in [-0.15, -0.1) is 12.4 Å². The largest absolute Gasteiger partial charge is 0.378 e. The number of carbonyl (C=O) groups excluding carboxylic acids is 1. The third-order valence-electron chi connectivity index (χ3n) is 5.18. The van der Waals surface area contributed by atoms with E-state index in [1.54, 1.807) is 0 Å². The van der Waals surface area contributed by atoms with Crippen molar-refractivity contribution in [2.45, 2.75) is 69.2 Å². The molecule has 3 aliphatic heterocycles. The van der Waals surface area contributed by atoms with Gasteiger partial charge in [0.15, 0.2) is 0 Å². The van der Waals surface area contributed by atoms with Crippen LogP contribution in [0.5, 0.6) is 0 Å². The topological polar surface area (TPSA) is 50.8 Å². The van der Waals surface area contributed by atoms with E-state index >= 15 is 0 Å². The lowest BCUT2D eigenvalue weighted by Crippen LogP contribution is -2.48. The van der Waals surface area contributed by atoms with Gasteiger partial charge in [0.05, 0.1) is 25.7 Å². The summed E-state index contributed by atoms with van der Waals surface area (Å²) >= 11 is 0. The van der Waals surface area contributed by atoms with E-state index in [9.17, 15) is 4.79 Å². The Balaban J connectivity index is 0.00000176. The summed E-state index contributed by atoms with van der Waals surface area (Å²) in [5.41, 5.74) is 0. The quantitative estimate of drug-likeness (QED) is 0.753. The molecule has 1 amide bonds. The van der Waals surface area contributed by atoms with Gasteiger partial charge in [-0.25, -0.2) is 0 Å². The zero-order chi connectivity index (χ0) is 14.7. The van der Waals surface area contributed by atoms with Crippen molar-refractivity contribution in [2.75, 3.05) is 26.9 Å². The van der Waals surface area contributed by atoms with E-state index < -0.39 is 0 Å². The summed E-state index contributed by atoms with van der Waals surface area (Å²) in [6, 6.07) is 1.66. The average molecular weight is 333 g/mol. The Bertz CT molecular complexity index is 351. The molecule has 3 rings (SSSR count). The van der Waals surface area contributed by atoms with Gasteiger partial charge in [0.25, 0.3) is 0 Å². The number of halogens is 1. The van der Waals surface area contributed by atoms with Crippen LogP contribution in [0.2, 0.25) is 0 Å². The van der Waals surface area contributed by atoms with Crippen molar-refractivity contribution in [2.24, 2.45) is 0 Å². The van der Waals surface area contributed by atoms with Crippen LogP contribution >= 0.6 is 12.4 Å². The van der Waals surface area contributed by atoms with Crippen LogP contribution in [0.4, 0.5) is 0 Å². The molecular formula is C16H29ClN2O3. The van der Waals surface area contributed by atoms with E-state index in [2.05, 4.69) is 5.32 Å². The minimum Gasteiger partial charge on any atom is -0.378 e. The van der Waals surface area contributed by atoms with Gasteiger partial charge in [0.1, 0.15) is 0 Å². The minimum absolute atomic E-state index is 0. The first-order chi connectivity index (χ1) is 10.2. The zero-order valence-corrected chi connectivity index (χ0v) is 14.3. The van der Waals surface area contributed by atoms with Gasteiger partial charge in [0, 0.05) is 31.8 Å². The second-order valence-electron chi connectivity index (χ2n) is 6.73. The highest BCUT2D eigenvalue weighted by atomic mass is 35.5. The molecule has 3 atom stereocenters. The van der Waals surface area contributed by atoms with Gasteiger partial charge in [-0.05, 0) is 38.5 Å². The molecule has 1 N–H and O–H groups in total. The summed E-state index contributed by atoms with van der Waals surface area (Å²) in [5, 5.41) is 3.62. The monoisotopic (exact) mass is 332 g/mol. The van der Waals surface area contributed by atoms with Gasteiger partial charge >= 0.3 is 0 Å². The molecule has 3 fully saturated rings. The normalized spacial score (nSPS) is 33.5. The highest BCUT2D eigenvalue weighted by Crippen LogP contribution is 2.29. The van der Waals surface area contributed by atoms with Crippen molar-refractivity contribution >= 4 is 18.3 Å². The van der Waals surface area contributed by atoms with Crippen molar-refractivity contribution in [3.05, 3.63) is 0 Å². The Morgan fingerprint density at radius 1 is 1.27 bits per heavy atom. The van der Waals surface area contributed by atoms with E-state index in [0.717, 1.165) is 32.3 Å². The molecule has 0 aromatic rings. The van der Waals surface area contributed by atoms with Crippen molar-refractivity contribution in [3.63, 3.8) is 0 Å². The number of rotatable bonds is 6. The molecule has 0 aliphatic carbocycles. The first-order valence-corrected chi connectivity index (χ1v) is 8.43. The number of amides is 1. The smallest absolute Gasteiger partial charge is 0.224 e. The van der Waals surface area contributed by atoms with Crippen LogP contribution in [0.15, 0.2) is 0 Å². The Kier molecular flexibility index (Phi) is 6.93. The lowest BCUT2D eigenvalue weighted by molar-refractivity contribution is -0.134. The summed E-state index contributed by atoms with van der Waals surface area (Å²) in [4.78, 5) is 14.2. The van der Waals surface area contributed by atoms with Gasteiger partial charge in [-0.2, -0.15) is 0 Å². The first kappa shape index (κ1) is 18.0. The number of nitrogens with zero attached hydrogens (tertiary/aromatic N) is 1. The minimum atomic E-state index is 0. The first-order valence-electron chi connectivity index (χ1n) is 8.43. The zero-order valence-electron chi connectivity index (χ0n) is 13.5. The Morgan fingerprint density at radius 2 is 2.00 bits per heavy atom. The molecule has 0 spiro atoms. The number of nitrogens with one attached hydrogen (secondary N) is 1. The predicted molar refractivity (Wildman–Crippen MR) is 87.4 cm³/mol. The summed E-state index contributed by atoms with van der Waals surface area (Å²) in [6.45, 7) is 2.00. The van der Waals surface area contributed by atoms with Crippen LogP contribution in [0.25, 0.3) is 0 Å². The van der Waals surface area contributed by atoms with Crippen LogP contribution in [0.1, 0.15) is 44.9 Å². The summed E-state index contributed by atoms with van der Waals surface area (Å²) in [7, 11) is 1.96. The fraction of sp³-hybridized carbons (Fsp3) is 0.938. The average Bonchev–Trinajstić information content (AvgIpc) is 3.12. The molecule has 0 aromatic carbocycles. The number of ether oxygens (including phenoxy) is 2. The molecule has 2 bridgehead atoms. The van der Waals surface area contributed by atoms with Gasteiger partial charge in [-0.1, -0.05) is 0 Å². The van der Waals surface area contributed by atoms with E-state index in [1.807, 2.05) is 11.9 Å². The maximum atomic E-state index is 12.3. The summed E-state index contributed by atoms with van der Waals surface area (Å²) in [6.07, 6.45) is 7.71. The van der Waals surface area contributed by atoms with Crippen molar-refractivity contribution in [1.29, 1.82) is 0 Å². The van der Waals surface area contributed by atoms with Crippen LogP contribution in [-0.4, -0.2) is 61.9 Å². The highest BCUT2D eigenvalue weighted by molar-refractivity contribution is 5.85. The molecule has 3 saturated heterocycles. The van der Waals surface area contributed by atoms with E-state index in [1.165, 1.54) is 12.8 Å². The van der Waals surface area contributed by atoms with E-state index in [-0.39, 0.29) is 24.4 Å². The molecular weight excluding hydrogens is 304 g/mol. The van der Waals surface area contributed by atoms with E-state index in [0.29, 0.717) is 37.8 Å². The third kappa shape index (κ3) is 4.57. The highest BCUT2D eigenvalue weighted by Gasteiger charge is 2.36. The molecule has 5 nitrogen and oxygen atoms in total. The second-order valence-corrected chi connectivity index (χ2v) is 6.73. The van der Waals surface area contributed by atoms with Crippen molar-refractivity contribution in [3.8, 4) is 0 Å². The summed E-state index contributed by atoms with van der Waals surface area (Å²) < 4.78 is 11.1. The lowest BCUT2D eigenvalue weighted by atomic mass is 9.98. The third-order valence-corrected chi connectivity index (χ3v) is 5.18. The fourth-order valence-corrected chi connectivity index (χ4v) is 3.87. The number of fused-ring (bicyclic) bond motifs is 2. The van der Waals surface area contributed by atoms with Crippen LogP contribution in [0.3, 0.4) is 0 Å². The SMILES string of the molecule is CN(C(=O)CCOCC1CCCO1)C1CC2CCC(C1)N2.Cl. The predicted octanol–water partition coefficient (Wildman–Crippen LogP) is 1.74. The molecule has 0 radical (unpaired) electrons. The Hall–Kier alpha value is -0.360. The number of carbonyl (C=O) groups is 1. The maximum Gasteiger partial charge on any atom is 0.224 e. The van der Waals surface area contributed by atoms with Crippen molar-refractivity contribution < 1.29 is 14.3 Å². The van der Waals surface area contributed by atoms with E-state index in [4.69, 9.17) is 9.47 Å². The standard InChI is InChI=1S/C16H28N2O3.ClH/c1-18(14-9-12-4-5-13(10-14)17-12)16(19)6-8-20-11-15-3-2-7-21-15;/h12-15,17H,2-11H2,1H3;1H. The van der Waals surface area contributed by atoms with Crippen LogP contribution in [0, 0.1) is 0 Å². The van der Waals surface area contributed by atoms with Gasteiger partial charge < -0.3 is 19.7 Å². The molecule has 3 unspecified atom stereocenters. The van der Waals surface area contributed by atoms with Crippen molar-refractivity contribution in [1.82, 2.24) is 10.2 Å². The van der Waals surface area contributed by atoms with Gasteiger partial charge in [-0.3, -0.25) is 4.79 Å². The molecule has 3 heterocycles. The molecule has 22 heavy (non-hydrogen) atoms. The maximum absolute atomic E-state index is 12.3. The number of hydrogen-bond acceptors (Lipinski definition) is 4. The summed E-state index contributed by atoms with van der Waals surface area (Å²) in [5.74, 6) is 0.216. The Labute approximate surface area is 139 Å². The molecule has 128 valence electrons. The fourth-order valence-electron chi connectivity index (χ4n) is 3.87. The number of piperidine rings is 1. The Morgan fingerprint density at radius 3 is 2.64 bits per heavy atom. The lowest BCUT2D eigenvalue weighted by Gasteiger charge is -2.35. The molecule has 0 saturated carbocycles. The molecule has 0 aromatic heterocycles. The number of hydrogen-bond donors (Lipinski definition) is 1. The molecule has 6 heteroatoms. The van der Waals surface area contributed by atoms with Crippen LogP contribution < -0.4 is 5.32 Å². The second kappa shape index (κ2) is 8.48. The van der Waals surface area contributed by atoms with Gasteiger partial charge in [0.2, 0.25) is 5.91 Å². The van der Waals surface area contributed by atoms with Crippen LogP contribution in [-0.2, 0) is 14.3 Å².